The summed E-state index contributed by atoms with van der Waals surface area (Å²) in [7, 11) is 0. The van der Waals surface area contributed by atoms with Gasteiger partial charge in [-0.25, -0.2) is 9.97 Å². The lowest BCUT2D eigenvalue weighted by Crippen LogP contribution is -2.35. The third-order valence-electron chi connectivity index (χ3n) is 3.85. The Hall–Kier alpha value is -1.81. The van der Waals surface area contributed by atoms with Crippen molar-refractivity contribution in [2.45, 2.75) is 25.8 Å². The molecule has 0 N–H and O–H groups in total. The zero-order chi connectivity index (χ0) is 13.6. The minimum absolute atomic E-state index is 0.711. The molecule has 0 amide bonds. The Morgan fingerprint density at radius 3 is 2.90 bits per heavy atom. The molecule has 3 rings (SSSR count). The van der Waals surface area contributed by atoms with Crippen molar-refractivity contribution in [2.75, 3.05) is 13.1 Å². The Labute approximate surface area is 119 Å². The van der Waals surface area contributed by atoms with E-state index in [0.29, 0.717) is 5.92 Å². The van der Waals surface area contributed by atoms with Gasteiger partial charge in [0.05, 0.1) is 0 Å². The standard InChI is InChI=1S/C16H20N4/c1-2-6-19-16(5-1)8-14-4-3-7-20(11-14)12-15-9-17-13-18-10-15/h1-2,5-6,9-10,13-14H,3-4,7-8,11-12H2. The zero-order valence-electron chi connectivity index (χ0n) is 11.7. The van der Waals surface area contributed by atoms with E-state index in [0.717, 1.165) is 19.5 Å². The molecule has 1 atom stereocenters. The molecule has 1 aliphatic heterocycles. The van der Waals surface area contributed by atoms with Gasteiger partial charge in [0, 0.05) is 42.9 Å². The summed E-state index contributed by atoms with van der Waals surface area (Å²) in [5, 5.41) is 0. The van der Waals surface area contributed by atoms with Crippen molar-refractivity contribution in [3.63, 3.8) is 0 Å². The molecule has 1 saturated heterocycles. The quantitative estimate of drug-likeness (QED) is 0.853. The first-order valence-electron chi connectivity index (χ1n) is 7.26. The van der Waals surface area contributed by atoms with E-state index in [4.69, 9.17) is 0 Å². The number of hydrogen-bond acceptors (Lipinski definition) is 4. The van der Waals surface area contributed by atoms with Gasteiger partial charge in [0.1, 0.15) is 6.33 Å². The number of likely N-dealkylation sites (tertiary alicyclic amines) is 1. The van der Waals surface area contributed by atoms with Gasteiger partial charge in [0.15, 0.2) is 0 Å². The van der Waals surface area contributed by atoms with Crippen LogP contribution in [0.15, 0.2) is 43.1 Å². The predicted molar refractivity (Wildman–Crippen MR) is 78.0 cm³/mol. The molecule has 2 aromatic heterocycles. The molecule has 3 heterocycles. The summed E-state index contributed by atoms with van der Waals surface area (Å²) in [6.45, 7) is 3.28. The lowest BCUT2D eigenvalue weighted by molar-refractivity contribution is 0.166. The van der Waals surface area contributed by atoms with Crippen LogP contribution in [0.5, 0.6) is 0 Å². The molecule has 0 aromatic carbocycles. The van der Waals surface area contributed by atoms with E-state index in [1.807, 2.05) is 24.7 Å². The Kier molecular flexibility index (Phi) is 4.33. The molecule has 4 nitrogen and oxygen atoms in total. The van der Waals surface area contributed by atoms with E-state index in [2.05, 4.69) is 32.0 Å². The molecule has 0 saturated carbocycles. The van der Waals surface area contributed by atoms with Crippen molar-refractivity contribution in [1.29, 1.82) is 0 Å². The molecular weight excluding hydrogens is 248 g/mol. The number of hydrogen-bond donors (Lipinski definition) is 0. The predicted octanol–water partition coefficient (Wildman–Crippen LogP) is 2.33. The highest BCUT2D eigenvalue weighted by Gasteiger charge is 2.20. The number of piperidine rings is 1. The van der Waals surface area contributed by atoms with Gasteiger partial charge in [0.2, 0.25) is 0 Å². The van der Waals surface area contributed by atoms with E-state index in [-0.39, 0.29) is 0 Å². The lowest BCUT2D eigenvalue weighted by atomic mass is 9.93. The van der Waals surface area contributed by atoms with Crippen LogP contribution in [-0.4, -0.2) is 32.9 Å². The van der Waals surface area contributed by atoms with Crippen LogP contribution in [0.3, 0.4) is 0 Å². The first-order chi connectivity index (χ1) is 9.90. The summed E-state index contributed by atoms with van der Waals surface area (Å²) in [6, 6.07) is 6.18. The summed E-state index contributed by atoms with van der Waals surface area (Å²) in [6.07, 6.45) is 11.0. The zero-order valence-corrected chi connectivity index (χ0v) is 11.7. The fraction of sp³-hybridized carbons (Fsp3) is 0.438. The summed E-state index contributed by atoms with van der Waals surface area (Å²) < 4.78 is 0. The average Bonchev–Trinajstić information content (AvgIpc) is 2.50. The van der Waals surface area contributed by atoms with Crippen LogP contribution in [0.2, 0.25) is 0 Å². The molecule has 0 bridgehead atoms. The van der Waals surface area contributed by atoms with Crippen molar-refractivity contribution in [3.05, 3.63) is 54.4 Å². The maximum absolute atomic E-state index is 4.44. The Morgan fingerprint density at radius 2 is 2.10 bits per heavy atom. The SMILES string of the molecule is c1ccc(CC2CCCN(Cc3cncnc3)C2)nc1. The molecule has 0 spiro atoms. The van der Waals surface area contributed by atoms with Crippen LogP contribution >= 0.6 is 0 Å². The van der Waals surface area contributed by atoms with Gasteiger partial charge in [-0.3, -0.25) is 9.88 Å². The molecule has 104 valence electrons. The van der Waals surface area contributed by atoms with Crippen molar-refractivity contribution in [2.24, 2.45) is 5.92 Å². The number of pyridine rings is 1. The van der Waals surface area contributed by atoms with E-state index >= 15 is 0 Å². The maximum atomic E-state index is 4.44. The summed E-state index contributed by atoms with van der Waals surface area (Å²) in [4.78, 5) is 15.1. The minimum Gasteiger partial charge on any atom is -0.299 e. The molecule has 0 aliphatic carbocycles. The molecule has 20 heavy (non-hydrogen) atoms. The van der Waals surface area contributed by atoms with Gasteiger partial charge in [-0.2, -0.15) is 0 Å². The fourth-order valence-electron chi connectivity index (χ4n) is 2.95. The van der Waals surface area contributed by atoms with Crippen molar-refractivity contribution in [1.82, 2.24) is 19.9 Å². The molecule has 2 aromatic rings. The Morgan fingerprint density at radius 1 is 1.20 bits per heavy atom. The normalized spacial score (nSPS) is 19.9. The second kappa shape index (κ2) is 6.57. The van der Waals surface area contributed by atoms with Gasteiger partial charge in [-0.05, 0) is 43.9 Å². The van der Waals surface area contributed by atoms with E-state index in [1.54, 1.807) is 6.33 Å². The molecule has 1 aliphatic rings. The maximum Gasteiger partial charge on any atom is 0.115 e. The van der Waals surface area contributed by atoms with Gasteiger partial charge in [0.25, 0.3) is 0 Å². The van der Waals surface area contributed by atoms with Crippen LogP contribution in [0.4, 0.5) is 0 Å². The molecule has 1 fully saturated rings. The average molecular weight is 268 g/mol. The monoisotopic (exact) mass is 268 g/mol. The Balaban J connectivity index is 1.57. The van der Waals surface area contributed by atoms with Crippen LogP contribution in [-0.2, 0) is 13.0 Å². The molecule has 4 heteroatoms. The second-order valence-corrected chi connectivity index (χ2v) is 5.52. The van der Waals surface area contributed by atoms with Gasteiger partial charge in [-0.1, -0.05) is 6.07 Å². The van der Waals surface area contributed by atoms with Gasteiger partial charge >= 0.3 is 0 Å². The smallest absolute Gasteiger partial charge is 0.115 e. The van der Waals surface area contributed by atoms with Crippen molar-refractivity contribution < 1.29 is 0 Å². The number of rotatable bonds is 4. The number of nitrogens with zero attached hydrogens (tertiary/aromatic N) is 4. The van der Waals surface area contributed by atoms with Crippen LogP contribution < -0.4 is 0 Å². The minimum atomic E-state index is 0.711. The topological polar surface area (TPSA) is 41.9 Å². The lowest BCUT2D eigenvalue weighted by Gasteiger charge is -2.32. The highest BCUT2D eigenvalue weighted by molar-refractivity contribution is 5.05. The fourth-order valence-corrected chi connectivity index (χ4v) is 2.95. The van der Waals surface area contributed by atoms with E-state index in [9.17, 15) is 0 Å². The summed E-state index contributed by atoms with van der Waals surface area (Å²) >= 11 is 0. The first-order valence-corrected chi connectivity index (χ1v) is 7.26. The Bertz CT molecular complexity index is 467. The molecule has 0 radical (unpaired) electrons. The number of aromatic nitrogens is 3. The summed E-state index contributed by atoms with van der Waals surface area (Å²) in [5.41, 5.74) is 2.41. The molecule has 1 unspecified atom stereocenters. The highest BCUT2D eigenvalue weighted by Crippen LogP contribution is 2.21. The van der Waals surface area contributed by atoms with Crippen molar-refractivity contribution >= 4 is 0 Å². The van der Waals surface area contributed by atoms with Crippen LogP contribution in [0.1, 0.15) is 24.1 Å². The molecular formula is C16H20N4. The van der Waals surface area contributed by atoms with E-state index < -0.39 is 0 Å². The van der Waals surface area contributed by atoms with E-state index in [1.165, 1.54) is 30.6 Å². The highest BCUT2D eigenvalue weighted by atomic mass is 15.1. The third kappa shape index (κ3) is 3.61. The van der Waals surface area contributed by atoms with Gasteiger partial charge < -0.3 is 0 Å². The van der Waals surface area contributed by atoms with Crippen molar-refractivity contribution in [3.8, 4) is 0 Å². The third-order valence-corrected chi connectivity index (χ3v) is 3.85. The first kappa shape index (κ1) is 13.2. The van der Waals surface area contributed by atoms with Crippen LogP contribution in [0, 0.1) is 5.92 Å². The van der Waals surface area contributed by atoms with Crippen LogP contribution in [0.25, 0.3) is 0 Å². The second-order valence-electron chi connectivity index (χ2n) is 5.52. The van der Waals surface area contributed by atoms with Gasteiger partial charge in [-0.15, -0.1) is 0 Å². The largest absolute Gasteiger partial charge is 0.299 e. The summed E-state index contributed by atoms with van der Waals surface area (Å²) in [5.74, 6) is 0.711.